The van der Waals surface area contributed by atoms with Crippen LogP contribution in [0.3, 0.4) is 0 Å². The molecule has 2 aromatic rings. The first-order valence-corrected chi connectivity index (χ1v) is 8.97. The number of benzene rings is 1. The number of fused-ring (bicyclic) bond motifs is 1. The molecule has 0 fully saturated rings. The summed E-state index contributed by atoms with van der Waals surface area (Å²) in [6, 6.07) is 6.44. The highest BCUT2D eigenvalue weighted by Gasteiger charge is 2.34. The summed E-state index contributed by atoms with van der Waals surface area (Å²) in [7, 11) is 1.55. The zero-order valence-corrected chi connectivity index (χ0v) is 15.7. The Morgan fingerprint density at radius 2 is 2.18 bits per heavy atom. The first kappa shape index (κ1) is 20.2. The van der Waals surface area contributed by atoms with Gasteiger partial charge in [-0.3, -0.25) is 9.89 Å². The Morgan fingerprint density at radius 3 is 2.86 bits per heavy atom. The van der Waals surface area contributed by atoms with E-state index in [1.165, 1.54) is 4.90 Å². The van der Waals surface area contributed by atoms with E-state index in [0.29, 0.717) is 19.6 Å². The highest BCUT2D eigenvalue weighted by Crippen LogP contribution is 2.30. The molecule has 0 radical (unpaired) electrons. The van der Waals surface area contributed by atoms with Gasteiger partial charge < -0.3 is 14.4 Å². The molecule has 28 heavy (non-hydrogen) atoms. The van der Waals surface area contributed by atoms with Gasteiger partial charge in [-0.2, -0.15) is 18.3 Å². The SMILES string of the molecule is COCCCN(Cc1ccc2c(c1)C[C@@H](C)O2)C(=O)c1cc(C(F)(F)F)[nH]n1. The smallest absolute Gasteiger partial charge is 0.432 e. The number of alkyl halides is 3. The fourth-order valence-corrected chi connectivity index (χ4v) is 3.18. The van der Waals surface area contributed by atoms with Gasteiger partial charge in [0.1, 0.15) is 17.5 Å². The summed E-state index contributed by atoms with van der Waals surface area (Å²) in [5, 5.41) is 5.44. The molecule has 152 valence electrons. The molecule has 1 aliphatic heterocycles. The fraction of sp³-hybridized carbons (Fsp3) is 0.474. The van der Waals surface area contributed by atoms with E-state index in [4.69, 9.17) is 9.47 Å². The maximum absolute atomic E-state index is 12.8. The Bertz CT molecular complexity index is 835. The molecule has 3 rings (SSSR count). The van der Waals surface area contributed by atoms with Crippen LogP contribution in [-0.4, -0.2) is 47.4 Å². The maximum atomic E-state index is 12.8. The molecule has 0 aliphatic carbocycles. The number of carbonyl (C=O) groups excluding carboxylic acids is 1. The van der Waals surface area contributed by atoms with Crippen LogP contribution in [0.5, 0.6) is 5.75 Å². The summed E-state index contributed by atoms with van der Waals surface area (Å²) in [5.74, 6) is 0.267. The number of halogens is 3. The van der Waals surface area contributed by atoms with E-state index in [2.05, 4.69) is 5.10 Å². The van der Waals surface area contributed by atoms with Crippen molar-refractivity contribution in [1.82, 2.24) is 15.1 Å². The van der Waals surface area contributed by atoms with Crippen LogP contribution in [0.4, 0.5) is 13.2 Å². The van der Waals surface area contributed by atoms with Crippen molar-refractivity contribution in [2.75, 3.05) is 20.3 Å². The maximum Gasteiger partial charge on any atom is 0.432 e. The Hall–Kier alpha value is -2.55. The third-order valence-electron chi connectivity index (χ3n) is 4.50. The minimum absolute atomic E-state index is 0.106. The molecule has 1 amide bonds. The van der Waals surface area contributed by atoms with Gasteiger partial charge in [-0.1, -0.05) is 12.1 Å². The van der Waals surface area contributed by atoms with Crippen LogP contribution in [0.2, 0.25) is 0 Å². The number of aromatic nitrogens is 2. The summed E-state index contributed by atoms with van der Waals surface area (Å²) in [6.45, 7) is 3.02. The van der Waals surface area contributed by atoms with Gasteiger partial charge in [0.25, 0.3) is 5.91 Å². The van der Waals surface area contributed by atoms with Crippen molar-refractivity contribution >= 4 is 5.91 Å². The molecule has 0 spiro atoms. The predicted molar refractivity (Wildman–Crippen MR) is 95.1 cm³/mol. The van der Waals surface area contributed by atoms with Gasteiger partial charge in [-0.15, -0.1) is 0 Å². The number of hydrogen-bond acceptors (Lipinski definition) is 4. The van der Waals surface area contributed by atoms with Crippen LogP contribution >= 0.6 is 0 Å². The molecule has 0 unspecified atom stereocenters. The van der Waals surface area contributed by atoms with E-state index in [1.54, 1.807) is 7.11 Å². The van der Waals surface area contributed by atoms with Crippen LogP contribution in [0, 0.1) is 0 Å². The third kappa shape index (κ3) is 4.64. The second-order valence-electron chi connectivity index (χ2n) is 6.81. The quantitative estimate of drug-likeness (QED) is 0.727. The Morgan fingerprint density at radius 1 is 1.39 bits per heavy atom. The normalized spacial score (nSPS) is 16.0. The molecule has 1 aromatic heterocycles. The van der Waals surface area contributed by atoms with Gasteiger partial charge in [-0.25, -0.2) is 0 Å². The van der Waals surface area contributed by atoms with Crippen LogP contribution in [0.25, 0.3) is 0 Å². The second kappa shape index (κ2) is 8.22. The fourth-order valence-electron chi connectivity index (χ4n) is 3.18. The third-order valence-corrected chi connectivity index (χ3v) is 4.50. The molecule has 2 heterocycles. The molecule has 9 heteroatoms. The number of hydrogen-bond donors (Lipinski definition) is 1. The first-order chi connectivity index (χ1) is 13.3. The Labute approximate surface area is 160 Å². The number of rotatable bonds is 7. The van der Waals surface area contributed by atoms with Crippen LogP contribution in [0.1, 0.15) is 40.7 Å². The van der Waals surface area contributed by atoms with Crippen molar-refractivity contribution in [3.05, 3.63) is 46.8 Å². The number of aromatic amines is 1. The Balaban J connectivity index is 1.78. The van der Waals surface area contributed by atoms with Gasteiger partial charge in [0.2, 0.25) is 0 Å². The number of nitrogens with zero attached hydrogens (tertiary/aromatic N) is 2. The molecule has 1 aliphatic rings. The van der Waals surface area contributed by atoms with Crippen molar-refractivity contribution in [2.45, 2.75) is 38.6 Å². The van der Waals surface area contributed by atoms with E-state index in [0.717, 1.165) is 29.4 Å². The minimum Gasteiger partial charge on any atom is -0.490 e. The highest BCUT2D eigenvalue weighted by atomic mass is 19.4. The lowest BCUT2D eigenvalue weighted by molar-refractivity contribution is -0.141. The molecule has 1 aromatic carbocycles. The Kier molecular flexibility index (Phi) is 5.93. The zero-order valence-electron chi connectivity index (χ0n) is 15.7. The lowest BCUT2D eigenvalue weighted by Crippen LogP contribution is -2.32. The van der Waals surface area contributed by atoms with Crippen LogP contribution in [0.15, 0.2) is 24.3 Å². The largest absolute Gasteiger partial charge is 0.490 e. The topological polar surface area (TPSA) is 67.5 Å². The summed E-state index contributed by atoms with van der Waals surface area (Å²) in [4.78, 5) is 14.3. The van der Waals surface area contributed by atoms with Crippen molar-refractivity contribution in [2.24, 2.45) is 0 Å². The molecular formula is C19H22F3N3O3. The molecule has 1 N–H and O–H groups in total. The lowest BCUT2D eigenvalue weighted by Gasteiger charge is -2.22. The molecule has 0 saturated carbocycles. The van der Waals surface area contributed by atoms with Gasteiger partial charge >= 0.3 is 6.18 Å². The minimum atomic E-state index is -4.58. The summed E-state index contributed by atoms with van der Waals surface area (Å²) < 4.78 is 49.1. The summed E-state index contributed by atoms with van der Waals surface area (Å²) in [6.07, 6.45) is -3.13. The number of amides is 1. The summed E-state index contributed by atoms with van der Waals surface area (Å²) >= 11 is 0. The van der Waals surface area contributed by atoms with Crippen LogP contribution in [-0.2, 0) is 23.9 Å². The molecule has 0 bridgehead atoms. The first-order valence-electron chi connectivity index (χ1n) is 8.97. The highest BCUT2D eigenvalue weighted by molar-refractivity contribution is 5.92. The van der Waals surface area contributed by atoms with E-state index in [1.807, 2.05) is 30.2 Å². The van der Waals surface area contributed by atoms with Gasteiger partial charge in [0.05, 0.1) is 0 Å². The number of nitrogens with one attached hydrogen (secondary N) is 1. The number of carbonyl (C=O) groups is 1. The average molecular weight is 397 g/mol. The molecule has 0 saturated heterocycles. The van der Waals surface area contributed by atoms with Gasteiger partial charge in [-0.05, 0) is 30.5 Å². The number of methoxy groups -OCH3 is 1. The van der Waals surface area contributed by atoms with Crippen molar-refractivity contribution in [3.63, 3.8) is 0 Å². The monoisotopic (exact) mass is 397 g/mol. The van der Waals surface area contributed by atoms with E-state index >= 15 is 0 Å². The standard InChI is InChI=1S/C19H22F3N3O3/c1-12-8-14-9-13(4-5-16(14)28-12)11-25(6-3-7-27-2)18(26)15-10-17(24-23-15)19(20,21)22/h4-5,9-10,12H,3,6-8,11H2,1-2H3,(H,23,24)/t12-/m1/s1. The van der Waals surface area contributed by atoms with Crippen molar-refractivity contribution < 1.29 is 27.4 Å². The van der Waals surface area contributed by atoms with E-state index < -0.39 is 17.8 Å². The predicted octanol–water partition coefficient (Wildman–Crippen LogP) is 3.43. The lowest BCUT2D eigenvalue weighted by atomic mass is 10.1. The molecule has 6 nitrogen and oxygen atoms in total. The van der Waals surface area contributed by atoms with Crippen molar-refractivity contribution in [1.29, 1.82) is 0 Å². The number of ether oxygens (including phenoxy) is 2. The van der Waals surface area contributed by atoms with Crippen molar-refractivity contribution in [3.8, 4) is 5.75 Å². The summed E-state index contributed by atoms with van der Waals surface area (Å²) in [5.41, 5.74) is 0.640. The van der Waals surface area contributed by atoms with E-state index in [9.17, 15) is 18.0 Å². The van der Waals surface area contributed by atoms with Gasteiger partial charge in [0, 0.05) is 39.3 Å². The van der Waals surface area contributed by atoms with Crippen LogP contribution < -0.4 is 4.74 Å². The average Bonchev–Trinajstić information content (AvgIpc) is 3.25. The molecule has 1 atom stereocenters. The molecular weight excluding hydrogens is 375 g/mol. The zero-order chi connectivity index (χ0) is 20.3. The van der Waals surface area contributed by atoms with E-state index in [-0.39, 0.29) is 18.3 Å². The second-order valence-corrected chi connectivity index (χ2v) is 6.81. The van der Waals surface area contributed by atoms with Gasteiger partial charge in [0.15, 0.2) is 5.69 Å². The number of H-pyrrole nitrogens is 1.